The molecule has 0 spiro atoms. The van der Waals surface area contributed by atoms with Gasteiger partial charge in [-0.2, -0.15) is 0 Å². The third-order valence-electron chi connectivity index (χ3n) is 4.23. The lowest BCUT2D eigenvalue weighted by Gasteiger charge is -2.21. The Balaban J connectivity index is 1.79. The third-order valence-corrected chi connectivity index (χ3v) is 4.23. The number of aromatic hydroxyl groups is 1. The molecule has 0 bridgehead atoms. The molecule has 1 fully saturated rings. The van der Waals surface area contributed by atoms with Crippen LogP contribution in [0.1, 0.15) is 42.5 Å². The smallest absolute Gasteiger partial charge is 0.270 e. The Labute approximate surface area is 127 Å². The Hall–Kier alpha value is -2.37. The number of amides is 1. The van der Waals surface area contributed by atoms with Gasteiger partial charge in [-0.25, -0.2) is 4.98 Å². The van der Waals surface area contributed by atoms with Gasteiger partial charge in [-0.15, -0.1) is 0 Å². The van der Waals surface area contributed by atoms with Crippen molar-refractivity contribution in [2.45, 2.75) is 32.1 Å². The van der Waals surface area contributed by atoms with E-state index in [0.717, 1.165) is 12.8 Å². The summed E-state index contributed by atoms with van der Waals surface area (Å²) in [5, 5.41) is 12.5. The van der Waals surface area contributed by atoms with Crippen molar-refractivity contribution in [3.63, 3.8) is 0 Å². The largest absolute Gasteiger partial charge is 0.504 e. The SMILES string of the molecule is O=C(NCC1CCCCC1)c1cnc2c(O)cccn2c1=O. The van der Waals surface area contributed by atoms with Crippen molar-refractivity contribution >= 4 is 11.6 Å². The molecule has 1 aliphatic carbocycles. The first-order chi connectivity index (χ1) is 10.7. The maximum absolute atomic E-state index is 12.3. The van der Waals surface area contributed by atoms with Gasteiger partial charge in [0.2, 0.25) is 0 Å². The molecule has 0 aromatic carbocycles. The third kappa shape index (κ3) is 2.81. The number of hydrogen-bond donors (Lipinski definition) is 2. The van der Waals surface area contributed by atoms with Crippen LogP contribution in [0.25, 0.3) is 5.65 Å². The molecule has 2 N–H and O–H groups in total. The number of rotatable bonds is 3. The summed E-state index contributed by atoms with van der Waals surface area (Å²) in [6.45, 7) is 0.598. The second kappa shape index (κ2) is 6.17. The zero-order valence-corrected chi connectivity index (χ0v) is 12.3. The van der Waals surface area contributed by atoms with Crippen LogP contribution in [0.2, 0.25) is 0 Å². The lowest BCUT2D eigenvalue weighted by Crippen LogP contribution is -2.35. The average Bonchev–Trinajstić information content (AvgIpc) is 2.55. The average molecular weight is 301 g/mol. The second-order valence-electron chi connectivity index (χ2n) is 5.78. The van der Waals surface area contributed by atoms with Gasteiger partial charge in [0.15, 0.2) is 11.4 Å². The summed E-state index contributed by atoms with van der Waals surface area (Å²) < 4.78 is 1.19. The summed E-state index contributed by atoms with van der Waals surface area (Å²) in [5.74, 6) is 0.00694. The van der Waals surface area contributed by atoms with Gasteiger partial charge in [0.25, 0.3) is 11.5 Å². The molecular weight excluding hydrogens is 282 g/mol. The normalized spacial score (nSPS) is 15.8. The van der Waals surface area contributed by atoms with E-state index >= 15 is 0 Å². The molecule has 0 atom stereocenters. The molecule has 0 aliphatic heterocycles. The number of hydrogen-bond acceptors (Lipinski definition) is 4. The lowest BCUT2D eigenvalue weighted by molar-refractivity contribution is 0.0941. The number of fused-ring (bicyclic) bond motifs is 1. The fraction of sp³-hybridized carbons (Fsp3) is 0.438. The van der Waals surface area contributed by atoms with E-state index in [4.69, 9.17) is 0 Å². The highest BCUT2D eigenvalue weighted by Gasteiger charge is 2.17. The number of pyridine rings is 1. The maximum Gasteiger partial charge on any atom is 0.270 e. The van der Waals surface area contributed by atoms with Crippen molar-refractivity contribution < 1.29 is 9.90 Å². The summed E-state index contributed by atoms with van der Waals surface area (Å²) in [5.41, 5.74) is -0.322. The van der Waals surface area contributed by atoms with E-state index in [1.165, 1.54) is 48.2 Å². The van der Waals surface area contributed by atoms with E-state index in [9.17, 15) is 14.7 Å². The molecule has 1 amide bonds. The van der Waals surface area contributed by atoms with E-state index in [1.807, 2.05) is 0 Å². The quantitative estimate of drug-likeness (QED) is 0.904. The molecule has 0 unspecified atom stereocenters. The highest BCUT2D eigenvalue weighted by molar-refractivity contribution is 5.93. The van der Waals surface area contributed by atoms with Crippen molar-refractivity contribution in [1.29, 1.82) is 0 Å². The summed E-state index contributed by atoms with van der Waals surface area (Å²) in [7, 11) is 0. The van der Waals surface area contributed by atoms with Gasteiger partial charge in [0.1, 0.15) is 5.56 Å². The van der Waals surface area contributed by atoms with Crippen LogP contribution in [0.15, 0.2) is 29.3 Å². The van der Waals surface area contributed by atoms with Gasteiger partial charge in [0.05, 0.1) is 0 Å². The standard InChI is InChI=1S/C16H19N3O3/c20-13-7-4-8-19-14(13)17-10-12(16(19)22)15(21)18-9-11-5-2-1-3-6-11/h4,7-8,10-11,20H,1-3,5-6,9H2,(H,18,21). The van der Waals surface area contributed by atoms with Gasteiger partial charge in [-0.05, 0) is 30.9 Å². The molecule has 0 saturated heterocycles. The summed E-state index contributed by atoms with van der Waals surface area (Å²) in [4.78, 5) is 28.5. The first kappa shape index (κ1) is 14.6. The number of nitrogens with one attached hydrogen (secondary N) is 1. The molecule has 22 heavy (non-hydrogen) atoms. The minimum Gasteiger partial charge on any atom is -0.504 e. The number of aromatic nitrogens is 2. The molecule has 6 nitrogen and oxygen atoms in total. The summed E-state index contributed by atoms with van der Waals surface area (Å²) in [6.07, 6.45) is 8.66. The molecule has 3 rings (SSSR count). The molecule has 0 radical (unpaired) electrons. The first-order valence-corrected chi connectivity index (χ1v) is 7.64. The van der Waals surface area contributed by atoms with Gasteiger partial charge >= 0.3 is 0 Å². The van der Waals surface area contributed by atoms with Crippen LogP contribution in [0.4, 0.5) is 0 Å². The minimum atomic E-state index is -0.470. The Morgan fingerprint density at radius 3 is 2.91 bits per heavy atom. The molecular formula is C16H19N3O3. The van der Waals surface area contributed by atoms with E-state index in [1.54, 1.807) is 0 Å². The van der Waals surface area contributed by atoms with Crippen LogP contribution in [0, 0.1) is 5.92 Å². The lowest BCUT2D eigenvalue weighted by atomic mass is 9.89. The van der Waals surface area contributed by atoms with Crippen molar-refractivity contribution in [1.82, 2.24) is 14.7 Å². The molecule has 1 saturated carbocycles. The minimum absolute atomic E-state index is 0.00101. The molecule has 6 heteroatoms. The Morgan fingerprint density at radius 2 is 2.14 bits per heavy atom. The van der Waals surface area contributed by atoms with E-state index in [0.29, 0.717) is 12.5 Å². The Kier molecular flexibility index (Phi) is 4.09. The monoisotopic (exact) mass is 301 g/mol. The van der Waals surface area contributed by atoms with Crippen molar-refractivity contribution in [3.05, 3.63) is 40.4 Å². The van der Waals surface area contributed by atoms with Crippen LogP contribution >= 0.6 is 0 Å². The second-order valence-corrected chi connectivity index (χ2v) is 5.78. The van der Waals surface area contributed by atoms with Gasteiger partial charge in [0, 0.05) is 18.9 Å². The topological polar surface area (TPSA) is 83.7 Å². The molecule has 1 aliphatic rings. The van der Waals surface area contributed by atoms with E-state index in [2.05, 4.69) is 10.3 Å². The zero-order valence-electron chi connectivity index (χ0n) is 12.3. The summed E-state index contributed by atoms with van der Waals surface area (Å²) in [6, 6.07) is 2.99. The van der Waals surface area contributed by atoms with Crippen molar-refractivity contribution in [2.24, 2.45) is 5.92 Å². The van der Waals surface area contributed by atoms with Crippen LogP contribution in [0.5, 0.6) is 5.75 Å². The number of carbonyl (C=O) groups is 1. The maximum atomic E-state index is 12.3. The van der Waals surface area contributed by atoms with Crippen LogP contribution < -0.4 is 10.9 Å². The zero-order chi connectivity index (χ0) is 15.5. The first-order valence-electron chi connectivity index (χ1n) is 7.64. The fourth-order valence-corrected chi connectivity index (χ4v) is 2.97. The van der Waals surface area contributed by atoms with E-state index < -0.39 is 11.5 Å². The fourth-order valence-electron chi connectivity index (χ4n) is 2.97. The highest BCUT2D eigenvalue weighted by Crippen LogP contribution is 2.22. The Morgan fingerprint density at radius 1 is 1.36 bits per heavy atom. The van der Waals surface area contributed by atoms with Crippen LogP contribution in [-0.4, -0.2) is 26.9 Å². The highest BCUT2D eigenvalue weighted by atomic mass is 16.3. The van der Waals surface area contributed by atoms with Gasteiger partial charge < -0.3 is 10.4 Å². The molecule has 2 aromatic rings. The Bertz CT molecular complexity index is 748. The van der Waals surface area contributed by atoms with Crippen LogP contribution in [0.3, 0.4) is 0 Å². The van der Waals surface area contributed by atoms with E-state index in [-0.39, 0.29) is 17.0 Å². The molecule has 2 aromatic heterocycles. The molecule has 2 heterocycles. The molecule has 116 valence electrons. The number of nitrogens with zero attached hydrogens (tertiary/aromatic N) is 2. The number of carbonyl (C=O) groups excluding carboxylic acids is 1. The predicted octanol–water partition coefficient (Wildman–Crippen LogP) is 1.71. The predicted molar refractivity (Wildman–Crippen MR) is 82.0 cm³/mol. The van der Waals surface area contributed by atoms with Crippen molar-refractivity contribution in [3.8, 4) is 5.75 Å². The summed E-state index contributed by atoms with van der Waals surface area (Å²) >= 11 is 0. The van der Waals surface area contributed by atoms with Gasteiger partial charge in [-0.1, -0.05) is 19.3 Å². The van der Waals surface area contributed by atoms with Crippen LogP contribution in [-0.2, 0) is 0 Å². The van der Waals surface area contributed by atoms with Gasteiger partial charge in [-0.3, -0.25) is 14.0 Å². The van der Waals surface area contributed by atoms with Crippen molar-refractivity contribution in [2.75, 3.05) is 6.54 Å².